The van der Waals surface area contributed by atoms with E-state index in [-0.39, 0.29) is 0 Å². The molecule has 0 aliphatic carbocycles. The van der Waals surface area contributed by atoms with Crippen molar-refractivity contribution in [1.29, 1.82) is 0 Å². The van der Waals surface area contributed by atoms with Crippen molar-refractivity contribution in [2.75, 3.05) is 11.1 Å². The Morgan fingerprint density at radius 3 is 2.56 bits per heavy atom. The highest BCUT2D eigenvalue weighted by Gasteiger charge is 2.28. The molecule has 2 aromatic carbocycles. The minimum Gasteiger partial charge on any atom is -0.333 e. The summed E-state index contributed by atoms with van der Waals surface area (Å²) in [5, 5.41) is 3.22. The number of nitrogens with zero attached hydrogens (tertiary/aromatic N) is 1. The van der Waals surface area contributed by atoms with Crippen molar-refractivity contribution >= 4 is 34.4 Å². The van der Waals surface area contributed by atoms with Crippen LogP contribution in [0.25, 0.3) is 11.0 Å². The maximum absolute atomic E-state index is 13.7. The molecule has 4 nitrogen and oxygen atoms in total. The quantitative estimate of drug-likeness (QED) is 0.421. The number of carbonyl (C=O) groups is 1. The van der Waals surface area contributed by atoms with Gasteiger partial charge in [0, 0.05) is 11.2 Å². The molecule has 2 N–H and O–H groups in total. The summed E-state index contributed by atoms with van der Waals surface area (Å²) < 4.78 is 27.4. The second kappa shape index (κ2) is 8.08. The van der Waals surface area contributed by atoms with Gasteiger partial charge in [0.2, 0.25) is 5.91 Å². The van der Waals surface area contributed by atoms with Gasteiger partial charge in [0.25, 0.3) is 0 Å². The Balaban J connectivity index is 1.52. The zero-order valence-corrected chi connectivity index (χ0v) is 16.0. The van der Waals surface area contributed by atoms with Crippen LogP contribution in [-0.2, 0) is 4.79 Å². The molecular formula is C20H21F2N3OS. The number of para-hydroxylation sites is 3. The predicted molar refractivity (Wildman–Crippen MR) is 105 cm³/mol. The summed E-state index contributed by atoms with van der Waals surface area (Å²) in [6, 6.07) is 11.3. The van der Waals surface area contributed by atoms with Crippen LogP contribution in [0.3, 0.4) is 0 Å². The molecular weight excluding hydrogens is 368 g/mol. The SMILES string of the molecule is CC(C)(CCCSc1nc2ccccc2[nH]1)C(=O)Nc1c(F)cccc1F. The highest BCUT2D eigenvalue weighted by atomic mass is 32.2. The number of thioether (sulfide) groups is 1. The Morgan fingerprint density at radius 2 is 1.85 bits per heavy atom. The van der Waals surface area contributed by atoms with Crippen LogP contribution in [-0.4, -0.2) is 21.6 Å². The van der Waals surface area contributed by atoms with E-state index in [0.717, 1.165) is 40.5 Å². The summed E-state index contributed by atoms with van der Waals surface area (Å²) in [5.41, 5.74) is 0.772. The Kier molecular flexibility index (Phi) is 5.79. The second-order valence-electron chi connectivity index (χ2n) is 6.95. The highest BCUT2D eigenvalue weighted by molar-refractivity contribution is 7.99. The average molecular weight is 389 g/mol. The molecule has 3 aromatic rings. The van der Waals surface area contributed by atoms with Crippen LogP contribution in [0.2, 0.25) is 0 Å². The maximum Gasteiger partial charge on any atom is 0.230 e. The van der Waals surface area contributed by atoms with Gasteiger partial charge in [-0.1, -0.05) is 43.8 Å². The molecule has 0 saturated heterocycles. The summed E-state index contributed by atoms with van der Waals surface area (Å²) >= 11 is 1.59. The number of nitrogens with one attached hydrogen (secondary N) is 2. The Bertz CT molecular complexity index is 902. The number of aromatic amines is 1. The topological polar surface area (TPSA) is 57.8 Å². The number of H-pyrrole nitrogens is 1. The zero-order valence-electron chi connectivity index (χ0n) is 15.2. The van der Waals surface area contributed by atoms with Crippen LogP contribution in [0.4, 0.5) is 14.5 Å². The first kappa shape index (κ1) is 19.4. The Hall–Kier alpha value is -2.41. The van der Waals surface area contributed by atoms with Crippen molar-refractivity contribution in [1.82, 2.24) is 9.97 Å². The number of rotatable bonds is 7. The zero-order chi connectivity index (χ0) is 19.4. The smallest absolute Gasteiger partial charge is 0.230 e. The van der Waals surface area contributed by atoms with Crippen molar-refractivity contribution in [2.45, 2.75) is 31.8 Å². The summed E-state index contributed by atoms with van der Waals surface area (Å²) in [7, 11) is 0. The first-order valence-corrected chi connectivity index (χ1v) is 9.68. The normalized spacial score (nSPS) is 11.7. The maximum atomic E-state index is 13.7. The van der Waals surface area contributed by atoms with Gasteiger partial charge in [-0.15, -0.1) is 0 Å². The standard InChI is InChI=1S/C20H21F2N3OS/c1-20(2,18(26)25-17-13(21)7-5-8-14(17)22)11-6-12-27-19-23-15-9-3-4-10-16(15)24-19/h3-5,7-10H,6,11-12H2,1-2H3,(H,23,24)(H,25,26). The molecule has 0 radical (unpaired) electrons. The fourth-order valence-corrected chi connectivity index (χ4v) is 3.52. The molecule has 0 saturated carbocycles. The lowest BCUT2D eigenvalue weighted by molar-refractivity contribution is -0.124. The van der Waals surface area contributed by atoms with Gasteiger partial charge in [0.15, 0.2) is 5.16 Å². The lowest BCUT2D eigenvalue weighted by Gasteiger charge is -2.23. The number of benzene rings is 2. The summed E-state index contributed by atoms with van der Waals surface area (Å²) in [6.45, 7) is 3.54. The predicted octanol–water partition coefficient (Wildman–Crippen LogP) is 5.38. The third-order valence-electron chi connectivity index (χ3n) is 4.37. The van der Waals surface area contributed by atoms with E-state index in [4.69, 9.17) is 0 Å². The number of fused-ring (bicyclic) bond motifs is 1. The monoisotopic (exact) mass is 389 g/mol. The molecule has 7 heteroatoms. The molecule has 1 amide bonds. The van der Waals surface area contributed by atoms with Crippen molar-refractivity contribution in [2.24, 2.45) is 5.41 Å². The van der Waals surface area contributed by atoms with Gasteiger partial charge in [0.05, 0.1) is 11.0 Å². The molecule has 0 atom stereocenters. The third-order valence-corrected chi connectivity index (χ3v) is 5.33. The van der Waals surface area contributed by atoms with E-state index >= 15 is 0 Å². The number of imidazole rings is 1. The molecule has 1 aromatic heterocycles. The fourth-order valence-electron chi connectivity index (χ4n) is 2.69. The molecule has 142 valence electrons. The molecule has 27 heavy (non-hydrogen) atoms. The van der Waals surface area contributed by atoms with Gasteiger partial charge in [-0.3, -0.25) is 4.79 Å². The van der Waals surface area contributed by atoms with Crippen LogP contribution in [0.1, 0.15) is 26.7 Å². The number of halogens is 2. The van der Waals surface area contributed by atoms with E-state index in [1.54, 1.807) is 25.6 Å². The average Bonchev–Trinajstić information content (AvgIpc) is 3.04. The van der Waals surface area contributed by atoms with Crippen LogP contribution in [0, 0.1) is 17.0 Å². The minimum atomic E-state index is -0.778. The molecule has 0 aliphatic heterocycles. The van der Waals surface area contributed by atoms with Gasteiger partial charge >= 0.3 is 0 Å². The van der Waals surface area contributed by atoms with Gasteiger partial charge in [-0.2, -0.15) is 0 Å². The van der Waals surface area contributed by atoms with Crippen molar-refractivity contribution < 1.29 is 13.6 Å². The largest absolute Gasteiger partial charge is 0.333 e. The summed E-state index contributed by atoms with van der Waals surface area (Å²) in [6.07, 6.45) is 1.35. The lowest BCUT2D eigenvalue weighted by atomic mass is 9.87. The Morgan fingerprint density at radius 1 is 1.15 bits per heavy atom. The molecule has 0 aliphatic rings. The molecule has 0 fully saturated rings. The molecule has 0 bridgehead atoms. The van der Waals surface area contributed by atoms with E-state index < -0.39 is 28.6 Å². The first-order chi connectivity index (χ1) is 12.9. The van der Waals surface area contributed by atoms with Gasteiger partial charge in [-0.25, -0.2) is 13.8 Å². The van der Waals surface area contributed by atoms with Crippen molar-refractivity contribution in [3.63, 3.8) is 0 Å². The van der Waals surface area contributed by atoms with Crippen molar-refractivity contribution in [3.05, 3.63) is 54.1 Å². The van der Waals surface area contributed by atoms with E-state index in [9.17, 15) is 13.6 Å². The summed E-state index contributed by atoms with van der Waals surface area (Å²) in [4.78, 5) is 20.2. The fraction of sp³-hybridized carbons (Fsp3) is 0.300. The summed E-state index contributed by atoms with van der Waals surface area (Å²) in [5.74, 6) is -1.18. The number of hydrogen-bond acceptors (Lipinski definition) is 3. The van der Waals surface area contributed by atoms with Crippen LogP contribution >= 0.6 is 11.8 Å². The number of hydrogen-bond donors (Lipinski definition) is 2. The molecule has 3 rings (SSSR count). The molecule has 0 unspecified atom stereocenters. The number of anilines is 1. The first-order valence-electron chi connectivity index (χ1n) is 8.70. The van der Waals surface area contributed by atoms with E-state index in [1.165, 1.54) is 6.07 Å². The third kappa shape index (κ3) is 4.66. The number of carbonyl (C=O) groups excluding carboxylic acids is 1. The number of aromatic nitrogens is 2. The van der Waals surface area contributed by atoms with Crippen LogP contribution in [0.15, 0.2) is 47.6 Å². The number of amides is 1. The van der Waals surface area contributed by atoms with E-state index in [2.05, 4.69) is 15.3 Å². The Labute approximate surface area is 160 Å². The van der Waals surface area contributed by atoms with Crippen LogP contribution in [0.5, 0.6) is 0 Å². The van der Waals surface area contributed by atoms with Gasteiger partial charge in [-0.05, 0) is 37.1 Å². The van der Waals surface area contributed by atoms with Gasteiger partial charge < -0.3 is 10.3 Å². The molecule has 0 spiro atoms. The second-order valence-corrected chi connectivity index (χ2v) is 8.03. The van der Waals surface area contributed by atoms with Crippen molar-refractivity contribution in [3.8, 4) is 0 Å². The highest BCUT2D eigenvalue weighted by Crippen LogP contribution is 2.28. The van der Waals surface area contributed by atoms with Crippen LogP contribution < -0.4 is 5.32 Å². The van der Waals surface area contributed by atoms with E-state index in [0.29, 0.717) is 6.42 Å². The van der Waals surface area contributed by atoms with E-state index in [1.807, 2.05) is 24.3 Å². The lowest BCUT2D eigenvalue weighted by Crippen LogP contribution is -2.31. The molecule has 1 heterocycles. The minimum absolute atomic E-state index is 0.396. The van der Waals surface area contributed by atoms with Gasteiger partial charge in [0.1, 0.15) is 17.3 Å².